The van der Waals surface area contributed by atoms with E-state index < -0.39 is 39.8 Å². The molecule has 1 unspecified atom stereocenters. The van der Waals surface area contributed by atoms with Crippen LogP contribution in [-0.4, -0.2) is 26.2 Å². The van der Waals surface area contributed by atoms with Gasteiger partial charge in [0.1, 0.15) is 11.6 Å². The molecule has 0 aliphatic rings. The van der Waals surface area contributed by atoms with E-state index in [2.05, 4.69) is 0 Å². The molecule has 0 radical (unpaired) electrons. The number of aliphatic carboxylic acids is 1. The number of benzene rings is 2. The predicted octanol–water partition coefficient (Wildman–Crippen LogP) is 2.86. The third-order valence-corrected chi connectivity index (χ3v) is 3.69. The first-order chi connectivity index (χ1) is 11.2. The minimum Gasteiger partial charge on any atom is -0.508 e. The second-order valence-corrected chi connectivity index (χ2v) is 5.33. The third-order valence-electron chi connectivity index (χ3n) is 3.69. The lowest BCUT2D eigenvalue weighted by Gasteiger charge is -2.15. The van der Waals surface area contributed by atoms with Gasteiger partial charge >= 0.3 is 11.7 Å². The number of nitro benzene ring substituents is 1. The number of rotatable bonds is 5. The summed E-state index contributed by atoms with van der Waals surface area (Å²) in [6.07, 6.45) is -0.301. The summed E-state index contributed by atoms with van der Waals surface area (Å²) in [5, 5.41) is 39.5. The number of nitrogens with zero attached hydrogens (tertiary/aromatic N) is 1. The summed E-state index contributed by atoms with van der Waals surface area (Å²) >= 11 is 0. The Bertz CT molecular complexity index is 820. The summed E-state index contributed by atoms with van der Waals surface area (Å²) in [6, 6.07) is 5.65. The van der Waals surface area contributed by atoms with Crippen molar-refractivity contribution >= 4 is 11.7 Å². The largest absolute Gasteiger partial charge is 0.508 e. The molecule has 0 aliphatic carbocycles. The van der Waals surface area contributed by atoms with Crippen molar-refractivity contribution < 1.29 is 29.4 Å². The van der Waals surface area contributed by atoms with Crippen molar-refractivity contribution in [1.82, 2.24) is 0 Å². The number of phenols is 2. The van der Waals surface area contributed by atoms with Crippen LogP contribution in [0.2, 0.25) is 0 Å². The van der Waals surface area contributed by atoms with Crippen molar-refractivity contribution in [2.24, 2.45) is 0 Å². The summed E-state index contributed by atoms with van der Waals surface area (Å²) in [6.45, 7) is 1.53. The molecule has 0 aromatic heterocycles. The standard InChI is InChI=1S/C16H14FNO6/c1-8-2-3-9(5-12(8)17)11(16(21)22)4-10-6-13(18(23)24)15(20)7-14(10)19/h2-3,5-7,11,19-20H,4H2,1H3,(H,21,22). The Morgan fingerprint density at radius 1 is 1.25 bits per heavy atom. The first-order valence-electron chi connectivity index (χ1n) is 6.88. The van der Waals surface area contributed by atoms with Crippen molar-refractivity contribution in [3.8, 4) is 11.5 Å². The minimum absolute atomic E-state index is 0.0344. The van der Waals surface area contributed by atoms with E-state index in [4.69, 9.17) is 0 Å². The van der Waals surface area contributed by atoms with Gasteiger partial charge in [0.2, 0.25) is 0 Å². The fourth-order valence-corrected chi connectivity index (χ4v) is 2.31. The summed E-state index contributed by atoms with van der Waals surface area (Å²) in [4.78, 5) is 21.5. The molecule has 3 N–H and O–H groups in total. The van der Waals surface area contributed by atoms with Gasteiger partial charge < -0.3 is 15.3 Å². The molecule has 2 aromatic carbocycles. The van der Waals surface area contributed by atoms with Gasteiger partial charge in [-0.1, -0.05) is 12.1 Å². The first-order valence-corrected chi connectivity index (χ1v) is 6.88. The maximum Gasteiger partial charge on any atom is 0.311 e. The van der Waals surface area contributed by atoms with Crippen molar-refractivity contribution in [1.29, 1.82) is 0 Å². The Balaban J connectivity index is 2.45. The van der Waals surface area contributed by atoms with Gasteiger partial charge in [0.05, 0.1) is 10.8 Å². The number of carboxylic acids is 1. The topological polar surface area (TPSA) is 121 Å². The van der Waals surface area contributed by atoms with E-state index >= 15 is 0 Å². The zero-order chi connectivity index (χ0) is 18.0. The van der Waals surface area contributed by atoms with Crippen LogP contribution in [0.5, 0.6) is 11.5 Å². The molecule has 24 heavy (non-hydrogen) atoms. The molecule has 126 valence electrons. The lowest BCUT2D eigenvalue weighted by Crippen LogP contribution is -2.15. The molecular weight excluding hydrogens is 321 g/mol. The Morgan fingerprint density at radius 3 is 2.46 bits per heavy atom. The van der Waals surface area contributed by atoms with Crippen molar-refractivity contribution in [3.63, 3.8) is 0 Å². The van der Waals surface area contributed by atoms with Gasteiger partial charge in [0.25, 0.3) is 0 Å². The third kappa shape index (κ3) is 3.43. The van der Waals surface area contributed by atoms with Crippen LogP contribution in [0.3, 0.4) is 0 Å². The van der Waals surface area contributed by atoms with Crippen LogP contribution in [0, 0.1) is 22.9 Å². The molecular formula is C16H14FNO6. The van der Waals surface area contributed by atoms with Gasteiger partial charge in [-0.25, -0.2) is 4.39 Å². The van der Waals surface area contributed by atoms with E-state index in [1.54, 1.807) is 0 Å². The monoisotopic (exact) mass is 335 g/mol. The normalized spacial score (nSPS) is 11.9. The summed E-state index contributed by atoms with van der Waals surface area (Å²) < 4.78 is 13.7. The van der Waals surface area contributed by atoms with E-state index in [1.807, 2.05) is 0 Å². The van der Waals surface area contributed by atoms with Gasteiger partial charge in [-0.2, -0.15) is 0 Å². The van der Waals surface area contributed by atoms with Gasteiger partial charge in [-0.3, -0.25) is 14.9 Å². The quantitative estimate of drug-likeness (QED) is 0.570. The highest BCUT2D eigenvalue weighted by Gasteiger charge is 2.25. The average molecular weight is 335 g/mol. The van der Waals surface area contributed by atoms with Crippen molar-refractivity contribution in [2.45, 2.75) is 19.3 Å². The highest BCUT2D eigenvalue weighted by molar-refractivity contribution is 5.77. The van der Waals surface area contributed by atoms with E-state index in [0.29, 0.717) is 5.56 Å². The van der Waals surface area contributed by atoms with Crippen LogP contribution in [0.1, 0.15) is 22.6 Å². The van der Waals surface area contributed by atoms with E-state index in [0.717, 1.165) is 18.2 Å². The number of carbonyl (C=O) groups is 1. The fraction of sp³-hybridized carbons (Fsp3) is 0.188. The summed E-state index contributed by atoms with van der Waals surface area (Å²) in [5.41, 5.74) is -0.165. The number of carboxylic acid groups (broad SMARTS) is 1. The van der Waals surface area contributed by atoms with Gasteiger partial charge in [0, 0.05) is 17.7 Å². The molecule has 0 aliphatic heterocycles. The molecule has 7 nitrogen and oxygen atoms in total. The zero-order valence-corrected chi connectivity index (χ0v) is 12.6. The van der Waals surface area contributed by atoms with E-state index in [9.17, 15) is 34.6 Å². The maximum atomic E-state index is 13.7. The number of aromatic hydroxyl groups is 2. The Labute approximate surface area is 135 Å². The van der Waals surface area contributed by atoms with Crippen LogP contribution in [-0.2, 0) is 11.2 Å². The molecule has 0 fully saturated rings. The fourth-order valence-electron chi connectivity index (χ4n) is 2.31. The van der Waals surface area contributed by atoms with Gasteiger partial charge in [-0.05, 0) is 30.5 Å². The number of phenolic OH excluding ortho intramolecular Hbond substituents is 2. The number of aryl methyl sites for hydroxylation is 1. The molecule has 2 aromatic rings. The molecule has 0 saturated heterocycles. The van der Waals surface area contributed by atoms with E-state index in [1.165, 1.54) is 19.1 Å². The Hall–Kier alpha value is -3.16. The van der Waals surface area contributed by atoms with Crippen LogP contribution >= 0.6 is 0 Å². The van der Waals surface area contributed by atoms with Crippen molar-refractivity contribution in [2.75, 3.05) is 0 Å². The number of halogens is 1. The molecule has 0 bridgehead atoms. The van der Waals surface area contributed by atoms with E-state index in [-0.39, 0.29) is 17.5 Å². The second-order valence-electron chi connectivity index (χ2n) is 5.33. The van der Waals surface area contributed by atoms with Crippen molar-refractivity contribution in [3.05, 3.63) is 63.0 Å². The zero-order valence-electron chi connectivity index (χ0n) is 12.6. The molecule has 1 atom stereocenters. The highest BCUT2D eigenvalue weighted by Crippen LogP contribution is 2.35. The van der Waals surface area contributed by atoms with Crippen LogP contribution in [0.15, 0.2) is 30.3 Å². The molecule has 0 spiro atoms. The average Bonchev–Trinajstić information content (AvgIpc) is 2.48. The highest BCUT2D eigenvalue weighted by atomic mass is 19.1. The lowest BCUT2D eigenvalue weighted by molar-refractivity contribution is -0.385. The minimum atomic E-state index is -1.27. The van der Waals surface area contributed by atoms with Gasteiger partial charge in [0.15, 0.2) is 5.75 Å². The number of hydrogen-bond donors (Lipinski definition) is 3. The summed E-state index contributed by atoms with van der Waals surface area (Å²) in [7, 11) is 0. The molecule has 0 amide bonds. The van der Waals surface area contributed by atoms with Crippen LogP contribution in [0.4, 0.5) is 10.1 Å². The second kappa shape index (κ2) is 6.53. The van der Waals surface area contributed by atoms with Gasteiger partial charge in [-0.15, -0.1) is 0 Å². The smallest absolute Gasteiger partial charge is 0.311 e. The molecule has 0 heterocycles. The summed E-state index contributed by atoms with van der Waals surface area (Å²) in [5.74, 6) is -4.25. The number of hydrogen-bond acceptors (Lipinski definition) is 5. The maximum absolute atomic E-state index is 13.7. The molecule has 0 saturated carbocycles. The predicted molar refractivity (Wildman–Crippen MR) is 81.6 cm³/mol. The van der Waals surface area contributed by atoms with Crippen LogP contribution in [0.25, 0.3) is 0 Å². The van der Waals surface area contributed by atoms with Crippen LogP contribution < -0.4 is 0 Å². The molecule has 2 rings (SSSR count). The molecule has 8 heteroatoms. The first kappa shape index (κ1) is 17.2. The number of nitro groups is 1. The SMILES string of the molecule is Cc1ccc(C(Cc2cc([N+](=O)[O-])c(O)cc2O)C(=O)O)cc1F. The Kier molecular flexibility index (Phi) is 4.68. The Morgan fingerprint density at radius 2 is 1.92 bits per heavy atom. The lowest BCUT2D eigenvalue weighted by atomic mass is 9.90.